The van der Waals surface area contributed by atoms with Crippen LogP contribution in [0.2, 0.25) is 0 Å². The smallest absolute Gasteiger partial charge is 0.246 e. The average Bonchev–Trinajstić information content (AvgIpc) is 0.807. The van der Waals surface area contributed by atoms with Crippen LogP contribution in [0, 0.1) is 35.2 Å². The molecular formula is C73H107IN12O12. The molecule has 8 atom stereocenters. The molecule has 0 radical (unpaired) electrons. The van der Waals surface area contributed by atoms with E-state index in [1.807, 2.05) is 103 Å². The van der Waals surface area contributed by atoms with Crippen LogP contribution in [0.15, 0.2) is 72.8 Å². The molecule has 2 saturated heterocycles. The van der Waals surface area contributed by atoms with Gasteiger partial charge in [0.05, 0.1) is 26.1 Å². The number of aryl methyl sites for hydroxylation is 2. The summed E-state index contributed by atoms with van der Waals surface area (Å²) in [4.78, 5) is 188. The number of likely N-dealkylation sites (tertiary alicyclic amines) is 1. The van der Waals surface area contributed by atoms with Crippen LogP contribution in [0.4, 0.5) is 0 Å². The van der Waals surface area contributed by atoms with Gasteiger partial charge in [-0.2, -0.15) is 0 Å². The molecule has 0 aliphatic carbocycles. The molecule has 0 unspecified atom stereocenters. The zero-order valence-corrected chi connectivity index (χ0v) is 62.8. The van der Waals surface area contributed by atoms with Crippen molar-refractivity contribution in [3.8, 4) is 0 Å². The third-order valence-corrected chi connectivity index (χ3v) is 19.8. The first-order valence-electron chi connectivity index (χ1n) is 34.1. The average molecular weight is 1470 g/mol. The van der Waals surface area contributed by atoms with Crippen LogP contribution in [0.3, 0.4) is 0 Å². The van der Waals surface area contributed by atoms with Crippen LogP contribution in [0.25, 0.3) is 0 Å². The molecule has 12 amide bonds. The Bertz CT molecular complexity index is 3340. The fourth-order valence-corrected chi connectivity index (χ4v) is 12.7. The monoisotopic (exact) mass is 1470 g/mol. The molecule has 3 aromatic carbocycles. The summed E-state index contributed by atoms with van der Waals surface area (Å²) in [5.74, 6) is -8.92. The number of carbonyl (C=O) groups excluding carboxylic acids is 12. The number of halogens is 1. The number of hydrogen-bond acceptors (Lipinski definition) is 12. The summed E-state index contributed by atoms with van der Waals surface area (Å²) in [7, 11) is 9.85. The minimum atomic E-state index is -1.74. The van der Waals surface area contributed by atoms with E-state index in [1.165, 1.54) is 82.8 Å². The molecule has 24 nitrogen and oxygen atoms in total. The molecule has 0 saturated carbocycles. The highest BCUT2D eigenvalue weighted by molar-refractivity contribution is 14.1. The Morgan fingerprint density at radius 2 is 1.15 bits per heavy atom. The molecule has 25 heteroatoms. The van der Waals surface area contributed by atoms with Crippen molar-refractivity contribution in [1.29, 1.82) is 0 Å². The normalized spacial score (nSPS) is 23.4. The van der Waals surface area contributed by atoms with Crippen molar-refractivity contribution in [1.82, 2.24) is 60.5 Å². The van der Waals surface area contributed by atoms with Gasteiger partial charge < -0.3 is 60.5 Å². The van der Waals surface area contributed by atoms with E-state index in [0.717, 1.165) is 35.8 Å². The molecule has 2 heterocycles. The molecule has 4 N–H and O–H groups in total. The Kier molecular flexibility index (Phi) is 30.3. The number of benzene rings is 3. The quantitative estimate of drug-likeness (QED) is 0.172. The predicted molar refractivity (Wildman–Crippen MR) is 383 cm³/mol. The number of amides is 12. The third-order valence-electron chi connectivity index (χ3n) is 19.1. The zero-order chi connectivity index (χ0) is 73.2. The molecule has 0 aromatic heterocycles. The van der Waals surface area contributed by atoms with Crippen molar-refractivity contribution in [3.63, 3.8) is 0 Å². The Balaban J connectivity index is 1.65. The zero-order valence-electron chi connectivity index (χ0n) is 60.7. The lowest BCUT2D eigenvalue weighted by Crippen LogP contribution is -2.64. The van der Waals surface area contributed by atoms with Crippen molar-refractivity contribution in [2.24, 2.45) is 17.8 Å². The van der Waals surface area contributed by atoms with Crippen molar-refractivity contribution in [2.75, 3.05) is 82.1 Å². The summed E-state index contributed by atoms with van der Waals surface area (Å²) in [6, 6.07) is 12.9. The van der Waals surface area contributed by atoms with Gasteiger partial charge in [-0.15, -0.1) is 0 Å². The Labute approximate surface area is 593 Å². The maximum absolute atomic E-state index is 15.3. The first kappa shape index (κ1) is 80.7. The van der Waals surface area contributed by atoms with Crippen molar-refractivity contribution >= 4 is 93.5 Å². The molecule has 2 aliphatic rings. The van der Waals surface area contributed by atoms with Gasteiger partial charge in [0, 0.05) is 85.3 Å². The summed E-state index contributed by atoms with van der Waals surface area (Å²) in [6.45, 7) is 16.9. The Hall–Kier alpha value is -7.97. The number of nitrogens with zero attached hydrogens (tertiary/aromatic N) is 8. The maximum Gasteiger partial charge on any atom is 0.246 e. The van der Waals surface area contributed by atoms with Crippen molar-refractivity contribution in [3.05, 3.63) is 104 Å². The van der Waals surface area contributed by atoms with Crippen molar-refractivity contribution in [2.45, 2.75) is 181 Å². The number of hydrogen-bond donors (Lipinski definition) is 4. The van der Waals surface area contributed by atoms with E-state index in [2.05, 4.69) is 43.9 Å². The molecule has 5 rings (SSSR count). The van der Waals surface area contributed by atoms with Crippen LogP contribution in [-0.4, -0.2) is 240 Å². The van der Waals surface area contributed by atoms with Gasteiger partial charge >= 0.3 is 0 Å². The van der Waals surface area contributed by atoms with Gasteiger partial charge in [-0.1, -0.05) is 114 Å². The van der Waals surface area contributed by atoms with Crippen LogP contribution in [-0.2, 0) is 76.8 Å². The maximum atomic E-state index is 15.3. The topological polar surface area (TPSA) is 279 Å². The highest BCUT2D eigenvalue weighted by Gasteiger charge is 2.44. The number of piperidine rings is 1. The number of carbonyl (C=O) groups is 12. The van der Waals surface area contributed by atoms with E-state index in [1.54, 1.807) is 30.0 Å². The van der Waals surface area contributed by atoms with Gasteiger partial charge in [0.15, 0.2) is 0 Å². The molecule has 538 valence electrons. The number of likely N-dealkylation sites (N-methyl/N-ethyl adjacent to an activating group) is 7. The standard InChI is InChI=1S/C73H107IN12O12/c1-18-48(7)64-71(97)81(13)43-62(89)79(11)44-63(90)83(15)58(39-50-31-29-47(6)30-32-50)69(95)80(12)42-60(87)75-54(38-51-26-24-28-53(74)37-51)65(91)76-56(40-52-27-21-20-25-49(52)8)68(94)85(17)73(9,10)72(98)77-55(35-45(2)3)67(93)84(16)59(70(96)86-33-22-19-23-34-86)41-61(88)82(14)57(36-46(4)5)66(92)78-64/h20-21,24-32,37,45-46,48,54-59,64H,18-19,22-23,33-36,38-44H2,1-17H3,(H,75,87)(H,76,91)(H,77,98)(H,78,92)/t48-,54-,55-,56-,57-,58-,59-,64-/m0/s1. The summed E-state index contributed by atoms with van der Waals surface area (Å²) in [5, 5.41) is 11.6. The fraction of sp³-hybridized carbons (Fsp3) is 0.589. The molecule has 0 bridgehead atoms. The number of rotatable bonds is 13. The van der Waals surface area contributed by atoms with Gasteiger partial charge in [0.25, 0.3) is 0 Å². The van der Waals surface area contributed by atoms with E-state index in [-0.39, 0.29) is 43.9 Å². The van der Waals surface area contributed by atoms with Gasteiger partial charge in [0.1, 0.15) is 47.8 Å². The second-order valence-electron chi connectivity index (χ2n) is 28.2. The lowest BCUT2D eigenvalue weighted by Gasteiger charge is -2.39. The van der Waals surface area contributed by atoms with E-state index in [9.17, 15) is 38.4 Å². The second-order valence-corrected chi connectivity index (χ2v) is 29.4. The molecular weight excluding hydrogens is 1360 g/mol. The summed E-state index contributed by atoms with van der Waals surface area (Å²) in [6.07, 6.45) is 2.19. The van der Waals surface area contributed by atoms with Crippen molar-refractivity contribution < 1.29 is 57.5 Å². The van der Waals surface area contributed by atoms with Crippen LogP contribution in [0.5, 0.6) is 0 Å². The van der Waals surface area contributed by atoms with Gasteiger partial charge in [0.2, 0.25) is 70.9 Å². The third kappa shape index (κ3) is 22.3. The molecule has 0 spiro atoms. The SMILES string of the molecule is CC[C@H](C)[C@@H]1NC(=O)[C@H](CC(C)C)N(C)C(=O)C[C@@H](C(=O)N2CCCCC2)N(C)C(=O)[C@H](CC(C)C)NC(=O)C(C)(C)N(C)C(=O)[C@H](Cc2ccccc2C)NC(=O)[C@H](Cc2cccc(I)c2)NC(=O)CN(C)C(=O)[C@H](Cc2ccc(C)cc2)N(C)C(=O)CN(C)C(=O)CN(C)C1=O. The lowest BCUT2D eigenvalue weighted by molar-refractivity contribution is -0.152. The van der Waals surface area contributed by atoms with Crippen LogP contribution < -0.4 is 21.3 Å². The van der Waals surface area contributed by atoms with Gasteiger partial charge in [-0.25, -0.2) is 0 Å². The number of nitrogens with one attached hydrogen (secondary N) is 4. The second kappa shape index (κ2) is 36.7. The van der Waals surface area contributed by atoms with E-state index < -0.39 is 151 Å². The van der Waals surface area contributed by atoms with E-state index >= 15 is 19.2 Å². The molecule has 2 aliphatic heterocycles. The predicted octanol–water partition coefficient (Wildman–Crippen LogP) is 4.52. The first-order valence-corrected chi connectivity index (χ1v) is 35.2. The first-order chi connectivity index (χ1) is 46.0. The highest BCUT2D eigenvalue weighted by atomic mass is 127. The summed E-state index contributed by atoms with van der Waals surface area (Å²) in [5.41, 5.74) is 2.04. The van der Waals surface area contributed by atoms with Gasteiger partial charge in [-0.05, 0) is 135 Å². The molecule has 98 heavy (non-hydrogen) atoms. The Morgan fingerprint density at radius 3 is 1.76 bits per heavy atom. The van der Waals surface area contributed by atoms with Crippen LogP contribution in [0.1, 0.15) is 128 Å². The fourth-order valence-electron chi connectivity index (χ4n) is 12.1. The highest BCUT2D eigenvalue weighted by Crippen LogP contribution is 2.24. The van der Waals surface area contributed by atoms with Crippen LogP contribution >= 0.6 is 22.6 Å². The minimum absolute atomic E-state index is 0.000724. The molecule has 2 fully saturated rings. The van der Waals surface area contributed by atoms with Gasteiger partial charge in [-0.3, -0.25) is 57.5 Å². The van der Waals surface area contributed by atoms with E-state index in [4.69, 9.17) is 0 Å². The van der Waals surface area contributed by atoms with E-state index in [0.29, 0.717) is 49.0 Å². The largest absolute Gasteiger partial charge is 0.342 e. The minimum Gasteiger partial charge on any atom is -0.342 e. The summed E-state index contributed by atoms with van der Waals surface area (Å²) >= 11 is 2.14. The summed E-state index contributed by atoms with van der Waals surface area (Å²) < 4.78 is 0.840. The lowest BCUT2D eigenvalue weighted by atomic mass is 9.95. The Morgan fingerprint density at radius 1 is 0.551 bits per heavy atom. The molecule has 3 aromatic rings.